The SMILES string of the molecule is CC.CCNCc1ccccn1. The summed E-state index contributed by atoms with van der Waals surface area (Å²) in [6.07, 6.45) is 1.81. The number of nitrogens with one attached hydrogen (secondary N) is 1. The smallest absolute Gasteiger partial charge is 0.0541 e. The fourth-order valence-electron chi connectivity index (χ4n) is 0.756. The van der Waals surface area contributed by atoms with Crippen LogP contribution >= 0.6 is 0 Å². The summed E-state index contributed by atoms with van der Waals surface area (Å²) >= 11 is 0. The van der Waals surface area contributed by atoms with Crippen molar-refractivity contribution in [2.45, 2.75) is 27.3 Å². The average molecular weight is 166 g/mol. The van der Waals surface area contributed by atoms with Crippen LogP contribution in [0.3, 0.4) is 0 Å². The van der Waals surface area contributed by atoms with E-state index in [4.69, 9.17) is 0 Å². The van der Waals surface area contributed by atoms with Gasteiger partial charge in [0.1, 0.15) is 0 Å². The zero-order valence-corrected chi connectivity index (χ0v) is 8.17. The Kier molecular flexibility index (Phi) is 7.60. The summed E-state index contributed by atoms with van der Waals surface area (Å²) in [7, 11) is 0. The Morgan fingerprint density at radius 2 is 2.08 bits per heavy atom. The number of nitrogens with zero attached hydrogens (tertiary/aromatic N) is 1. The Morgan fingerprint density at radius 1 is 1.33 bits per heavy atom. The Morgan fingerprint density at radius 3 is 2.58 bits per heavy atom. The minimum Gasteiger partial charge on any atom is -0.311 e. The predicted octanol–water partition coefficient (Wildman–Crippen LogP) is 2.22. The number of rotatable bonds is 3. The molecular weight excluding hydrogens is 148 g/mol. The second-order valence-corrected chi connectivity index (χ2v) is 2.10. The molecular formula is C10H18N2. The second kappa shape index (κ2) is 8.21. The third-order valence-corrected chi connectivity index (χ3v) is 1.28. The Labute approximate surface area is 75.0 Å². The number of hydrogen-bond acceptors (Lipinski definition) is 2. The minimum absolute atomic E-state index is 0.872. The monoisotopic (exact) mass is 166 g/mol. The fourth-order valence-corrected chi connectivity index (χ4v) is 0.756. The minimum atomic E-state index is 0.872. The molecule has 1 N–H and O–H groups in total. The van der Waals surface area contributed by atoms with Crippen LogP contribution in [0.1, 0.15) is 26.5 Å². The molecule has 2 nitrogen and oxygen atoms in total. The molecule has 1 aromatic rings. The molecule has 0 atom stereocenters. The highest BCUT2D eigenvalue weighted by Gasteiger charge is 1.87. The average Bonchev–Trinajstić information content (AvgIpc) is 2.19. The maximum absolute atomic E-state index is 4.15. The summed E-state index contributed by atoms with van der Waals surface area (Å²) in [6, 6.07) is 5.94. The molecule has 0 amide bonds. The number of hydrogen-bond donors (Lipinski definition) is 1. The van der Waals surface area contributed by atoms with Crippen molar-refractivity contribution in [3.8, 4) is 0 Å². The summed E-state index contributed by atoms with van der Waals surface area (Å²) in [6.45, 7) is 7.96. The van der Waals surface area contributed by atoms with Gasteiger partial charge in [0.15, 0.2) is 0 Å². The standard InChI is InChI=1S/C8H12N2.C2H6/c1-2-9-7-8-5-3-4-6-10-8;1-2/h3-6,9H,2,7H2,1H3;1-2H3. The Balaban J connectivity index is 0.000000561. The first-order chi connectivity index (χ1) is 5.93. The van der Waals surface area contributed by atoms with E-state index in [1.807, 2.05) is 38.2 Å². The molecule has 0 aromatic carbocycles. The van der Waals surface area contributed by atoms with Crippen LogP contribution in [0.15, 0.2) is 24.4 Å². The predicted molar refractivity (Wildman–Crippen MR) is 53.0 cm³/mol. The van der Waals surface area contributed by atoms with Crippen LogP contribution < -0.4 is 5.32 Å². The van der Waals surface area contributed by atoms with Gasteiger partial charge in [-0.15, -0.1) is 0 Å². The van der Waals surface area contributed by atoms with Crippen molar-refractivity contribution in [1.82, 2.24) is 10.3 Å². The fraction of sp³-hybridized carbons (Fsp3) is 0.500. The van der Waals surface area contributed by atoms with Gasteiger partial charge in [0.25, 0.3) is 0 Å². The van der Waals surface area contributed by atoms with Gasteiger partial charge in [0, 0.05) is 12.7 Å². The van der Waals surface area contributed by atoms with E-state index < -0.39 is 0 Å². The summed E-state index contributed by atoms with van der Waals surface area (Å²) in [5, 5.41) is 3.20. The van der Waals surface area contributed by atoms with E-state index in [1.165, 1.54) is 0 Å². The van der Waals surface area contributed by atoms with Crippen molar-refractivity contribution in [3.05, 3.63) is 30.1 Å². The van der Waals surface area contributed by atoms with Crippen LogP contribution in [0.25, 0.3) is 0 Å². The lowest BCUT2D eigenvalue weighted by atomic mass is 10.3. The van der Waals surface area contributed by atoms with E-state index in [9.17, 15) is 0 Å². The lowest BCUT2D eigenvalue weighted by Crippen LogP contribution is -2.12. The maximum Gasteiger partial charge on any atom is 0.0541 e. The number of pyridine rings is 1. The highest BCUT2D eigenvalue weighted by atomic mass is 14.9. The molecule has 1 rings (SSSR count). The molecule has 0 unspecified atom stereocenters. The van der Waals surface area contributed by atoms with E-state index in [1.54, 1.807) is 0 Å². The first kappa shape index (κ1) is 11.1. The van der Waals surface area contributed by atoms with E-state index in [-0.39, 0.29) is 0 Å². The Hall–Kier alpha value is -0.890. The van der Waals surface area contributed by atoms with Gasteiger partial charge in [-0.05, 0) is 18.7 Å². The van der Waals surface area contributed by atoms with Crippen molar-refractivity contribution in [1.29, 1.82) is 0 Å². The topological polar surface area (TPSA) is 24.9 Å². The molecule has 68 valence electrons. The van der Waals surface area contributed by atoms with Gasteiger partial charge in [-0.2, -0.15) is 0 Å². The van der Waals surface area contributed by atoms with E-state index in [0.717, 1.165) is 18.8 Å². The summed E-state index contributed by atoms with van der Waals surface area (Å²) in [4.78, 5) is 4.15. The first-order valence-corrected chi connectivity index (χ1v) is 4.54. The highest BCUT2D eigenvalue weighted by molar-refractivity contribution is 5.02. The van der Waals surface area contributed by atoms with Gasteiger partial charge >= 0.3 is 0 Å². The molecule has 0 fully saturated rings. The molecule has 0 saturated heterocycles. The second-order valence-electron chi connectivity index (χ2n) is 2.10. The molecule has 0 aliphatic carbocycles. The molecule has 2 heteroatoms. The van der Waals surface area contributed by atoms with E-state index >= 15 is 0 Å². The lowest BCUT2D eigenvalue weighted by molar-refractivity contribution is 0.711. The van der Waals surface area contributed by atoms with Gasteiger partial charge in [0.2, 0.25) is 0 Å². The quantitative estimate of drug-likeness (QED) is 0.744. The van der Waals surface area contributed by atoms with Gasteiger partial charge in [-0.3, -0.25) is 4.98 Å². The van der Waals surface area contributed by atoms with E-state index in [2.05, 4.69) is 17.2 Å². The molecule has 1 heterocycles. The molecule has 0 radical (unpaired) electrons. The first-order valence-electron chi connectivity index (χ1n) is 4.54. The highest BCUT2D eigenvalue weighted by Crippen LogP contribution is 1.90. The van der Waals surface area contributed by atoms with Crippen molar-refractivity contribution in [2.24, 2.45) is 0 Å². The zero-order chi connectivity index (χ0) is 9.23. The van der Waals surface area contributed by atoms with Gasteiger partial charge in [0.05, 0.1) is 5.69 Å². The summed E-state index contributed by atoms with van der Waals surface area (Å²) in [5.41, 5.74) is 1.10. The summed E-state index contributed by atoms with van der Waals surface area (Å²) in [5.74, 6) is 0. The van der Waals surface area contributed by atoms with Crippen LogP contribution in [-0.4, -0.2) is 11.5 Å². The molecule has 0 aliphatic rings. The maximum atomic E-state index is 4.15. The normalized spacial score (nSPS) is 8.58. The third kappa shape index (κ3) is 4.85. The van der Waals surface area contributed by atoms with Crippen molar-refractivity contribution >= 4 is 0 Å². The van der Waals surface area contributed by atoms with Crippen molar-refractivity contribution in [3.63, 3.8) is 0 Å². The molecule has 0 saturated carbocycles. The van der Waals surface area contributed by atoms with Crippen LogP contribution in [0, 0.1) is 0 Å². The van der Waals surface area contributed by atoms with Crippen LogP contribution in [-0.2, 0) is 6.54 Å². The van der Waals surface area contributed by atoms with Crippen LogP contribution in [0.2, 0.25) is 0 Å². The van der Waals surface area contributed by atoms with E-state index in [0.29, 0.717) is 0 Å². The van der Waals surface area contributed by atoms with Crippen LogP contribution in [0.4, 0.5) is 0 Å². The summed E-state index contributed by atoms with van der Waals surface area (Å²) < 4.78 is 0. The van der Waals surface area contributed by atoms with Gasteiger partial charge in [-0.1, -0.05) is 26.8 Å². The van der Waals surface area contributed by atoms with Crippen LogP contribution in [0.5, 0.6) is 0 Å². The van der Waals surface area contributed by atoms with Gasteiger partial charge in [-0.25, -0.2) is 0 Å². The third-order valence-electron chi connectivity index (χ3n) is 1.28. The van der Waals surface area contributed by atoms with Crippen molar-refractivity contribution < 1.29 is 0 Å². The largest absolute Gasteiger partial charge is 0.311 e. The molecule has 12 heavy (non-hydrogen) atoms. The molecule has 0 spiro atoms. The molecule has 0 bridgehead atoms. The number of aromatic nitrogens is 1. The van der Waals surface area contributed by atoms with Crippen molar-refractivity contribution in [2.75, 3.05) is 6.54 Å². The Bertz CT molecular complexity index is 172. The lowest BCUT2D eigenvalue weighted by Gasteiger charge is -1.98. The molecule has 0 aliphatic heterocycles. The zero-order valence-electron chi connectivity index (χ0n) is 8.17. The molecule has 1 aromatic heterocycles. The van der Waals surface area contributed by atoms with Gasteiger partial charge < -0.3 is 5.32 Å².